The molecule has 0 saturated heterocycles. The van der Waals surface area contributed by atoms with Gasteiger partial charge in [-0.1, -0.05) is 19.9 Å². The summed E-state index contributed by atoms with van der Waals surface area (Å²) >= 11 is 0. The number of halogens is 1. The first kappa shape index (κ1) is 19.2. The number of pyridine rings is 1. The van der Waals surface area contributed by atoms with Crippen LogP contribution < -0.4 is 0 Å². The Morgan fingerprint density at radius 2 is 1.73 bits per heavy atom. The fourth-order valence-electron chi connectivity index (χ4n) is 1.31. The lowest BCUT2D eigenvalue weighted by Gasteiger charge is -1.98. The van der Waals surface area contributed by atoms with Crippen LogP contribution in [0.3, 0.4) is 0 Å². The van der Waals surface area contributed by atoms with E-state index in [1.165, 1.54) is 30.6 Å². The Morgan fingerprint density at radius 1 is 1.09 bits per heavy atom. The standard InChI is InChI=1S/C8H7FO2.C6H5NO2.C2H6/c1-5-2-3-6(9)4-7(5)8(10)11;8-6(9)5-2-1-3-7-4-5;1-2/h2-4H,1H3,(H,10,11);1-4H,(H,8,9);1-2H3. The summed E-state index contributed by atoms with van der Waals surface area (Å²) in [7, 11) is 0. The number of aromatic carboxylic acids is 2. The van der Waals surface area contributed by atoms with Crippen molar-refractivity contribution in [3.05, 3.63) is 65.2 Å². The van der Waals surface area contributed by atoms with Crippen LogP contribution in [0, 0.1) is 12.7 Å². The molecule has 0 radical (unpaired) electrons. The monoisotopic (exact) mass is 307 g/mol. The molecule has 0 atom stereocenters. The van der Waals surface area contributed by atoms with Crippen molar-refractivity contribution in [2.24, 2.45) is 0 Å². The summed E-state index contributed by atoms with van der Waals surface area (Å²) in [5, 5.41) is 16.9. The van der Waals surface area contributed by atoms with E-state index in [9.17, 15) is 14.0 Å². The van der Waals surface area contributed by atoms with Crippen molar-refractivity contribution in [2.45, 2.75) is 20.8 Å². The molecule has 22 heavy (non-hydrogen) atoms. The topological polar surface area (TPSA) is 87.5 Å². The largest absolute Gasteiger partial charge is 0.478 e. The second kappa shape index (κ2) is 10.0. The Kier molecular flexibility index (Phi) is 8.78. The van der Waals surface area contributed by atoms with E-state index in [2.05, 4.69) is 4.98 Å². The minimum absolute atomic E-state index is 0.0185. The quantitative estimate of drug-likeness (QED) is 0.884. The number of hydrogen-bond donors (Lipinski definition) is 2. The predicted molar refractivity (Wildman–Crippen MR) is 80.6 cm³/mol. The Balaban J connectivity index is 0.000000366. The molecule has 118 valence electrons. The van der Waals surface area contributed by atoms with Crippen molar-refractivity contribution in [1.82, 2.24) is 4.98 Å². The van der Waals surface area contributed by atoms with Crippen LogP contribution in [0.5, 0.6) is 0 Å². The van der Waals surface area contributed by atoms with Crippen LogP contribution in [0.2, 0.25) is 0 Å². The molecule has 0 aliphatic rings. The number of carboxylic acid groups (broad SMARTS) is 2. The molecule has 1 aromatic heterocycles. The molecule has 1 aromatic carbocycles. The molecule has 2 rings (SSSR count). The highest BCUT2D eigenvalue weighted by Crippen LogP contribution is 2.09. The van der Waals surface area contributed by atoms with Gasteiger partial charge in [0.25, 0.3) is 0 Å². The van der Waals surface area contributed by atoms with Gasteiger partial charge in [0.2, 0.25) is 0 Å². The fraction of sp³-hybridized carbons (Fsp3) is 0.188. The lowest BCUT2D eigenvalue weighted by molar-refractivity contribution is 0.0685. The summed E-state index contributed by atoms with van der Waals surface area (Å²) in [6.45, 7) is 5.63. The average Bonchev–Trinajstić information content (AvgIpc) is 2.53. The maximum absolute atomic E-state index is 12.4. The highest BCUT2D eigenvalue weighted by Gasteiger charge is 2.06. The molecule has 0 bridgehead atoms. The van der Waals surface area contributed by atoms with Gasteiger partial charge in [0.15, 0.2) is 0 Å². The van der Waals surface area contributed by atoms with Gasteiger partial charge in [0, 0.05) is 12.4 Å². The third kappa shape index (κ3) is 6.60. The summed E-state index contributed by atoms with van der Waals surface area (Å²) in [5.41, 5.74) is 0.807. The van der Waals surface area contributed by atoms with Gasteiger partial charge in [0.05, 0.1) is 11.1 Å². The molecule has 0 aliphatic heterocycles. The summed E-state index contributed by atoms with van der Waals surface area (Å²) in [4.78, 5) is 24.2. The van der Waals surface area contributed by atoms with E-state index in [0.29, 0.717) is 5.56 Å². The minimum Gasteiger partial charge on any atom is -0.478 e. The molecule has 0 amide bonds. The zero-order valence-corrected chi connectivity index (χ0v) is 12.6. The molecule has 0 unspecified atom stereocenters. The van der Waals surface area contributed by atoms with Crippen LogP contribution in [-0.2, 0) is 0 Å². The number of aryl methyl sites for hydroxylation is 1. The van der Waals surface area contributed by atoms with Gasteiger partial charge in [-0.2, -0.15) is 0 Å². The maximum Gasteiger partial charge on any atom is 0.337 e. The van der Waals surface area contributed by atoms with E-state index in [1.54, 1.807) is 13.0 Å². The van der Waals surface area contributed by atoms with Crippen molar-refractivity contribution in [3.63, 3.8) is 0 Å². The normalized spacial score (nSPS) is 8.73. The van der Waals surface area contributed by atoms with Gasteiger partial charge in [-0.3, -0.25) is 4.98 Å². The number of aromatic nitrogens is 1. The second-order valence-corrected chi connectivity index (χ2v) is 3.81. The molecular formula is C16H18FNO4. The van der Waals surface area contributed by atoms with Crippen LogP contribution in [0.25, 0.3) is 0 Å². The molecule has 0 fully saturated rings. The van der Waals surface area contributed by atoms with Gasteiger partial charge in [-0.25, -0.2) is 14.0 Å². The zero-order chi connectivity index (χ0) is 17.1. The molecule has 0 spiro atoms. The third-order valence-electron chi connectivity index (χ3n) is 2.34. The van der Waals surface area contributed by atoms with E-state index in [1.807, 2.05) is 13.8 Å². The maximum atomic E-state index is 12.4. The van der Waals surface area contributed by atoms with Crippen molar-refractivity contribution in [3.8, 4) is 0 Å². The number of carbonyl (C=O) groups is 2. The van der Waals surface area contributed by atoms with E-state index in [0.717, 1.165) is 6.07 Å². The average molecular weight is 307 g/mol. The summed E-state index contributed by atoms with van der Waals surface area (Å²) in [6.07, 6.45) is 2.84. The number of rotatable bonds is 2. The molecule has 6 heteroatoms. The van der Waals surface area contributed by atoms with Crippen molar-refractivity contribution in [2.75, 3.05) is 0 Å². The smallest absolute Gasteiger partial charge is 0.337 e. The summed E-state index contributed by atoms with van der Waals surface area (Å²) in [6, 6.07) is 6.77. The number of benzene rings is 1. The molecule has 0 saturated carbocycles. The Morgan fingerprint density at radius 3 is 2.09 bits per heavy atom. The van der Waals surface area contributed by atoms with Crippen LogP contribution >= 0.6 is 0 Å². The zero-order valence-electron chi connectivity index (χ0n) is 12.6. The van der Waals surface area contributed by atoms with Gasteiger partial charge >= 0.3 is 11.9 Å². The number of hydrogen-bond acceptors (Lipinski definition) is 3. The van der Waals surface area contributed by atoms with Crippen molar-refractivity contribution >= 4 is 11.9 Å². The van der Waals surface area contributed by atoms with E-state index in [4.69, 9.17) is 10.2 Å². The van der Waals surface area contributed by atoms with Gasteiger partial charge < -0.3 is 10.2 Å². The first-order valence-corrected chi connectivity index (χ1v) is 6.54. The number of carboxylic acids is 2. The van der Waals surface area contributed by atoms with E-state index >= 15 is 0 Å². The third-order valence-corrected chi connectivity index (χ3v) is 2.34. The molecule has 5 nitrogen and oxygen atoms in total. The number of nitrogens with zero attached hydrogens (tertiary/aromatic N) is 1. The SMILES string of the molecule is CC.Cc1ccc(F)cc1C(=O)O.O=C(O)c1cccnc1. The molecule has 2 aromatic rings. The Bertz CT molecular complexity index is 615. The summed E-state index contributed by atoms with van der Waals surface area (Å²) < 4.78 is 12.4. The Hall–Kier alpha value is -2.76. The lowest BCUT2D eigenvalue weighted by atomic mass is 10.1. The van der Waals surface area contributed by atoms with Crippen LogP contribution in [-0.4, -0.2) is 27.1 Å². The van der Waals surface area contributed by atoms with E-state index < -0.39 is 17.8 Å². The van der Waals surface area contributed by atoms with Crippen molar-refractivity contribution in [1.29, 1.82) is 0 Å². The first-order valence-electron chi connectivity index (χ1n) is 6.54. The lowest BCUT2D eigenvalue weighted by Crippen LogP contribution is -1.99. The van der Waals surface area contributed by atoms with E-state index in [-0.39, 0.29) is 11.1 Å². The second-order valence-electron chi connectivity index (χ2n) is 3.81. The van der Waals surface area contributed by atoms with Gasteiger partial charge in [0.1, 0.15) is 5.82 Å². The van der Waals surface area contributed by atoms with Crippen LogP contribution in [0.15, 0.2) is 42.7 Å². The molecule has 0 aliphatic carbocycles. The minimum atomic E-state index is -1.10. The van der Waals surface area contributed by atoms with Gasteiger partial charge in [-0.15, -0.1) is 0 Å². The van der Waals surface area contributed by atoms with Crippen LogP contribution in [0.4, 0.5) is 4.39 Å². The Labute approximate surface area is 128 Å². The highest BCUT2D eigenvalue weighted by atomic mass is 19.1. The fourth-order valence-corrected chi connectivity index (χ4v) is 1.31. The molecular weight excluding hydrogens is 289 g/mol. The summed E-state index contributed by atoms with van der Waals surface area (Å²) in [5.74, 6) is -2.56. The van der Waals surface area contributed by atoms with Crippen LogP contribution in [0.1, 0.15) is 40.1 Å². The molecule has 2 N–H and O–H groups in total. The molecule has 1 heterocycles. The highest BCUT2D eigenvalue weighted by molar-refractivity contribution is 5.89. The van der Waals surface area contributed by atoms with Gasteiger partial charge in [-0.05, 0) is 36.8 Å². The first-order chi connectivity index (χ1) is 10.4. The predicted octanol–water partition coefficient (Wildman–Crippen LogP) is 3.64. The van der Waals surface area contributed by atoms with Crippen molar-refractivity contribution < 1.29 is 24.2 Å².